The average Bonchev–Trinajstić information content (AvgIpc) is 2.73. The molecule has 2 rings (SSSR count). The molecule has 2 amide bonds. The summed E-state index contributed by atoms with van der Waals surface area (Å²) >= 11 is 0. The zero-order chi connectivity index (χ0) is 17.4. The molecule has 0 aliphatic carbocycles. The van der Waals surface area contributed by atoms with Crippen LogP contribution in [0.5, 0.6) is 0 Å². The predicted octanol–water partition coefficient (Wildman–Crippen LogP) is 3.24. The lowest BCUT2D eigenvalue weighted by atomic mass is 10.1. The van der Waals surface area contributed by atoms with Crippen molar-refractivity contribution in [3.63, 3.8) is 0 Å². The first-order valence-corrected chi connectivity index (χ1v) is 6.35. The third-order valence-electron chi connectivity index (χ3n) is 3.18. The van der Waals surface area contributed by atoms with Gasteiger partial charge in [0.25, 0.3) is 0 Å². The molecular formula is C13H10F6N2O2. The molecule has 0 aromatic heterocycles. The normalized spacial score (nSPS) is 16.2. The summed E-state index contributed by atoms with van der Waals surface area (Å²) in [6.45, 7) is -0.490. The first kappa shape index (κ1) is 17.1. The van der Waals surface area contributed by atoms with Gasteiger partial charge in [-0.25, -0.2) is 0 Å². The third kappa shape index (κ3) is 3.93. The van der Waals surface area contributed by atoms with Crippen molar-refractivity contribution in [2.75, 3.05) is 12.0 Å². The number of rotatable bonds is 3. The molecule has 1 aromatic carbocycles. The molecule has 4 nitrogen and oxygen atoms in total. The molecule has 1 aliphatic heterocycles. The Hall–Kier alpha value is -2.26. The van der Waals surface area contributed by atoms with Crippen molar-refractivity contribution in [1.82, 2.24) is 4.90 Å². The minimum Gasteiger partial charge on any atom is -0.367 e. The fourth-order valence-corrected chi connectivity index (χ4v) is 2.03. The van der Waals surface area contributed by atoms with Crippen LogP contribution in [0.2, 0.25) is 0 Å². The number of carbonyl (C=O) groups excluding carboxylic acids is 2. The van der Waals surface area contributed by atoms with Crippen LogP contribution in [0.3, 0.4) is 0 Å². The van der Waals surface area contributed by atoms with Crippen LogP contribution < -0.4 is 5.32 Å². The van der Waals surface area contributed by atoms with Gasteiger partial charge in [0.15, 0.2) is 0 Å². The van der Waals surface area contributed by atoms with E-state index >= 15 is 0 Å². The maximum Gasteiger partial charge on any atom is 0.416 e. The number of nitrogens with one attached hydrogen (secondary N) is 1. The summed E-state index contributed by atoms with van der Waals surface area (Å²) in [7, 11) is 0. The van der Waals surface area contributed by atoms with Crippen LogP contribution >= 0.6 is 0 Å². The maximum atomic E-state index is 12.7. The number of benzene rings is 1. The van der Waals surface area contributed by atoms with Gasteiger partial charge in [-0.15, -0.1) is 0 Å². The number of carbonyl (C=O) groups is 2. The van der Waals surface area contributed by atoms with Crippen molar-refractivity contribution < 1.29 is 35.9 Å². The highest BCUT2D eigenvalue weighted by Gasteiger charge is 2.37. The van der Waals surface area contributed by atoms with E-state index in [1.54, 1.807) is 0 Å². The van der Waals surface area contributed by atoms with Crippen molar-refractivity contribution in [1.29, 1.82) is 0 Å². The van der Waals surface area contributed by atoms with Crippen LogP contribution in [0.25, 0.3) is 0 Å². The molecule has 0 bridgehead atoms. The van der Waals surface area contributed by atoms with E-state index in [1.165, 1.54) is 0 Å². The molecule has 1 fully saturated rings. The molecule has 1 heterocycles. The van der Waals surface area contributed by atoms with Gasteiger partial charge >= 0.3 is 12.4 Å². The molecule has 1 aromatic rings. The molecule has 126 valence electrons. The van der Waals surface area contributed by atoms with Crippen molar-refractivity contribution in [3.05, 3.63) is 29.3 Å². The fourth-order valence-electron chi connectivity index (χ4n) is 2.03. The minimum absolute atomic E-state index is 0.00264. The van der Waals surface area contributed by atoms with Crippen LogP contribution in [-0.2, 0) is 21.9 Å². The summed E-state index contributed by atoms with van der Waals surface area (Å²) in [4.78, 5) is 23.5. The van der Waals surface area contributed by atoms with Gasteiger partial charge < -0.3 is 5.32 Å². The Morgan fingerprint density at radius 3 is 1.70 bits per heavy atom. The number of alkyl halides is 6. The molecule has 23 heavy (non-hydrogen) atoms. The van der Waals surface area contributed by atoms with Gasteiger partial charge in [0, 0.05) is 18.5 Å². The first-order valence-electron chi connectivity index (χ1n) is 6.35. The Morgan fingerprint density at radius 1 is 0.870 bits per heavy atom. The second kappa shape index (κ2) is 5.74. The number of likely N-dealkylation sites (tertiary alicyclic amines) is 1. The monoisotopic (exact) mass is 340 g/mol. The quantitative estimate of drug-likeness (QED) is 0.679. The third-order valence-corrected chi connectivity index (χ3v) is 3.18. The number of imide groups is 1. The van der Waals surface area contributed by atoms with E-state index in [-0.39, 0.29) is 18.9 Å². The van der Waals surface area contributed by atoms with Gasteiger partial charge in [0.1, 0.15) is 0 Å². The average molecular weight is 340 g/mol. The number of hydrogen-bond donors (Lipinski definition) is 1. The van der Waals surface area contributed by atoms with E-state index in [1.807, 2.05) is 0 Å². The lowest BCUT2D eigenvalue weighted by Gasteiger charge is -2.18. The van der Waals surface area contributed by atoms with Gasteiger partial charge in [0.05, 0.1) is 17.8 Å². The zero-order valence-corrected chi connectivity index (χ0v) is 11.4. The molecule has 1 aliphatic rings. The molecule has 0 saturated carbocycles. The Kier molecular flexibility index (Phi) is 4.27. The number of amides is 2. The molecule has 0 unspecified atom stereocenters. The highest BCUT2D eigenvalue weighted by atomic mass is 19.4. The number of nitrogens with zero attached hydrogens (tertiary/aromatic N) is 1. The van der Waals surface area contributed by atoms with Crippen LogP contribution in [-0.4, -0.2) is 23.4 Å². The zero-order valence-electron chi connectivity index (χ0n) is 11.4. The van der Waals surface area contributed by atoms with Crippen molar-refractivity contribution in [2.24, 2.45) is 0 Å². The Bertz CT molecular complexity index is 590. The van der Waals surface area contributed by atoms with Crippen molar-refractivity contribution in [2.45, 2.75) is 25.2 Å². The summed E-state index contributed by atoms with van der Waals surface area (Å²) in [5, 5.41) is 2.26. The topological polar surface area (TPSA) is 49.4 Å². The minimum atomic E-state index is -4.96. The summed E-state index contributed by atoms with van der Waals surface area (Å²) in [6, 6.07) is 0.970. The van der Waals surface area contributed by atoms with Gasteiger partial charge in [-0.3, -0.25) is 14.5 Å². The molecular weight excluding hydrogens is 330 g/mol. The van der Waals surface area contributed by atoms with Crippen LogP contribution in [0, 0.1) is 0 Å². The maximum absolute atomic E-state index is 12.7. The summed E-state index contributed by atoms with van der Waals surface area (Å²) < 4.78 is 76.1. The number of hydrogen-bond acceptors (Lipinski definition) is 3. The molecule has 0 spiro atoms. The summed E-state index contributed by atoms with van der Waals surface area (Å²) in [5.41, 5.74) is -3.44. The summed E-state index contributed by atoms with van der Waals surface area (Å²) in [6.07, 6.45) is -9.98. The lowest BCUT2D eigenvalue weighted by molar-refractivity contribution is -0.143. The van der Waals surface area contributed by atoms with E-state index in [9.17, 15) is 35.9 Å². The molecule has 10 heteroatoms. The van der Waals surface area contributed by atoms with Gasteiger partial charge in [0.2, 0.25) is 11.8 Å². The summed E-state index contributed by atoms with van der Waals surface area (Å²) in [5.74, 6) is -1.07. The van der Waals surface area contributed by atoms with Gasteiger partial charge in [-0.1, -0.05) is 0 Å². The van der Waals surface area contributed by atoms with Gasteiger partial charge in [-0.2, -0.15) is 26.3 Å². The highest BCUT2D eigenvalue weighted by molar-refractivity contribution is 6.02. The van der Waals surface area contributed by atoms with E-state index in [4.69, 9.17) is 0 Å². The number of anilines is 1. The largest absolute Gasteiger partial charge is 0.416 e. The standard InChI is InChI=1S/C13H10F6N2O2/c14-12(15,16)7-3-8(13(17,18)19)5-9(4-7)20-6-21-10(22)1-2-11(21)23/h3-5,20H,1-2,6H2. The fraction of sp³-hybridized carbons (Fsp3) is 0.385. The number of halogens is 6. The van der Waals surface area contributed by atoms with Crippen LogP contribution in [0.4, 0.5) is 32.0 Å². The van der Waals surface area contributed by atoms with Crippen LogP contribution in [0.1, 0.15) is 24.0 Å². The molecule has 0 atom stereocenters. The Morgan fingerprint density at radius 2 is 1.30 bits per heavy atom. The van der Waals surface area contributed by atoms with E-state index in [2.05, 4.69) is 5.32 Å². The van der Waals surface area contributed by atoms with Crippen LogP contribution in [0.15, 0.2) is 18.2 Å². The van der Waals surface area contributed by atoms with Crippen molar-refractivity contribution in [3.8, 4) is 0 Å². The molecule has 0 radical (unpaired) electrons. The lowest BCUT2D eigenvalue weighted by Crippen LogP contribution is -2.34. The predicted molar refractivity (Wildman–Crippen MR) is 66.0 cm³/mol. The van der Waals surface area contributed by atoms with E-state index in [0.29, 0.717) is 12.1 Å². The molecule has 1 N–H and O–H groups in total. The Labute approximate surface area is 126 Å². The highest BCUT2D eigenvalue weighted by Crippen LogP contribution is 2.37. The second-order valence-electron chi connectivity index (χ2n) is 4.84. The SMILES string of the molecule is O=C1CCC(=O)N1CNc1cc(C(F)(F)F)cc(C(F)(F)F)c1. The van der Waals surface area contributed by atoms with E-state index < -0.39 is 47.6 Å². The van der Waals surface area contributed by atoms with Crippen molar-refractivity contribution >= 4 is 17.5 Å². The second-order valence-corrected chi connectivity index (χ2v) is 4.84. The first-order chi connectivity index (χ1) is 10.5. The smallest absolute Gasteiger partial charge is 0.367 e. The Balaban J connectivity index is 2.27. The molecule has 1 saturated heterocycles. The van der Waals surface area contributed by atoms with Gasteiger partial charge in [-0.05, 0) is 18.2 Å². The van der Waals surface area contributed by atoms with E-state index in [0.717, 1.165) is 4.90 Å².